The van der Waals surface area contributed by atoms with Crippen molar-refractivity contribution in [3.8, 4) is 6.07 Å². The average Bonchev–Trinajstić information content (AvgIpc) is 3.26. The number of nitriles is 1. The molecule has 108 valence electrons. The number of nitrogens with two attached hydrogens (primary N) is 1. The Balaban J connectivity index is 1.79. The number of rotatable bonds is 5. The lowest BCUT2D eigenvalue weighted by molar-refractivity contribution is 0.615. The molecule has 3 rings (SSSR count). The van der Waals surface area contributed by atoms with Crippen LogP contribution >= 0.6 is 11.8 Å². The standard InChI is InChI=1S/C14H14FN5S/c15-12-4-1-9(6-16)5-10(12)8-21-14-19-18-13(7-17)20(14)11-2-3-11/h1,4-5,11H,2-3,7-8,17H2. The van der Waals surface area contributed by atoms with Gasteiger partial charge in [0.05, 0.1) is 18.2 Å². The Morgan fingerprint density at radius 1 is 1.43 bits per heavy atom. The van der Waals surface area contributed by atoms with E-state index in [2.05, 4.69) is 14.8 Å². The fraction of sp³-hybridized carbons (Fsp3) is 0.357. The van der Waals surface area contributed by atoms with Gasteiger partial charge in [0, 0.05) is 11.8 Å². The first kappa shape index (κ1) is 14.0. The van der Waals surface area contributed by atoms with Crippen LogP contribution in [0.15, 0.2) is 23.4 Å². The van der Waals surface area contributed by atoms with Gasteiger partial charge in [-0.3, -0.25) is 0 Å². The quantitative estimate of drug-likeness (QED) is 0.858. The van der Waals surface area contributed by atoms with Crippen molar-refractivity contribution in [2.45, 2.75) is 36.3 Å². The second-order valence-corrected chi connectivity index (χ2v) is 5.85. The Hall–Kier alpha value is -1.91. The van der Waals surface area contributed by atoms with Gasteiger partial charge in [-0.2, -0.15) is 5.26 Å². The van der Waals surface area contributed by atoms with Crippen LogP contribution in [0.3, 0.4) is 0 Å². The number of hydrogen-bond acceptors (Lipinski definition) is 5. The van der Waals surface area contributed by atoms with E-state index in [-0.39, 0.29) is 5.82 Å². The number of hydrogen-bond donors (Lipinski definition) is 1. The highest BCUT2D eigenvalue weighted by Gasteiger charge is 2.29. The summed E-state index contributed by atoms with van der Waals surface area (Å²) in [6, 6.07) is 6.82. The van der Waals surface area contributed by atoms with E-state index in [0.29, 0.717) is 29.5 Å². The van der Waals surface area contributed by atoms with Gasteiger partial charge in [0.2, 0.25) is 0 Å². The lowest BCUT2D eigenvalue weighted by atomic mass is 10.1. The van der Waals surface area contributed by atoms with E-state index in [1.165, 1.54) is 23.9 Å². The highest BCUT2D eigenvalue weighted by Crippen LogP contribution is 2.39. The molecule has 1 aliphatic rings. The molecule has 1 aliphatic carbocycles. The minimum absolute atomic E-state index is 0.307. The molecule has 1 aromatic carbocycles. The maximum absolute atomic E-state index is 13.8. The Morgan fingerprint density at radius 2 is 2.24 bits per heavy atom. The van der Waals surface area contributed by atoms with Gasteiger partial charge < -0.3 is 10.3 Å². The Bertz CT molecular complexity index is 702. The molecule has 0 saturated heterocycles. The maximum atomic E-state index is 13.8. The van der Waals surface area contributed by atoms with E-state index in [4.69, 9.17) is 11.0 Å². The summed E-state index contributed by atoms with van der Waals surface area (Å²) in [4.78, 5) is 0. The van der Waals surface area contributed by atoms with E-state index in [9.17, 15) is 4.39 Å². The summed E-state index contributed by atoms with van der Waals surface area (Å²) >= 11 is 1.42. The molecule has 0 amide bonds. The lowest BCUT2D eigenvalue weighted by Crippen LogP contribution is -2.08. The second kappa shape index (κ2) is 5.84. The van der Waals surface area contributed by atoms with Crippen LogP contribution < -0.4 is 5.73 Å². The minimum Gasteiger partial charge on any atom is -0.324 e. The minimum atomic E-state index is -0.307. The van der Waals surface area contributed by atoms with Crippen molar-refractivity contribution in [2.75, 3.05) is 0 Å². The van der Waals surface area contributed by atoms with Gasteiger partial charge in [-0.1, -0.05) is 11.8 Å². The van der Waals surface area contributed by atoms with E-state index < -0.39 is 0 Å². The third kappa shape index (κ3) is 2.91. The third-order valence-electron chi connectivity index (χ3n) is 3.36. The highest BCUT2D eigenvalue weighted by atomic mass is 32.2. The molecule has 2 aromatic rings. The molecular weight excluding hydrogens is 289 g/mol. The van der Waals surface area contributed by atoms with Crippen molar-refractivity contribution in [3.63, 3.8) is 0 Å². The van der Waals surface area contributed by atoms with Crippen LogP contribution in [0.5, 0.6) is 0 Å². The summed E-state index contributed by atoms with van der Waals surface area (Å²) in [5, 5.41) is 17.9. The van der Waals surface area contributed by atoms with Crippen molar-refractivity contribution in [2.24, 2.45) is 5.73 Å². The van der Waals surface area contributed by atoms with Crippen LogP contribution in [0, 0.1) is 17.1 Å². The molecule has 5 nitrogen and oxygen atoms in total. The molecule has 1 fully saturated rings. The van der Waals surface area contributed by atoms with E-state index in [1.54, 1.807) is 6.07 Å². The topological polar surface area (TPSA) is 80.5 Å². The van der Waals surface area contributed by atoms with Crippen LogP contribution in [-0.4, -0.2) is 14.8 Å². The van der Waals surface area contributed by atoms with Gasteiger partial charge in [0.15, 0.2) is 5.16 Å². The van der Waals surface area contributed by atoms with Gasteiger partial charge in [-0.15, -0.1) is 10.2 Å². The molecule has 0 atom stereocenters. The zero-order valence-corrected chi connectivity index (χ0v) is 12.1. The van der Waals surface area contributed by atoms with Gasteiger partial charge in [-0.25, -0.2) is 4.39 Å². The molecule has 0 spiro atoms. The number of benzene rings is 1. The van der Waals surface area contributed by atoms with Gasteiger partial charge in [0.25, 0.3) is 0 Å². The van der Waals surface area contributed by atoms with Crippen LogP contribution in [0.1, 0.15) is 35.8 Å². The van der Waals surface area contributed by atoms with Crippen LogP contribution in [0.25, 0.3) is 0 Å². The highest BCUT2D eigenvalue weighted by molar-refractivity contribution is 7.98. The number of halogens is 1. The fourth-order valence-corrected chi connectivity index (χ4v) is 3.14. The third-order valence-corrected chi connectivity index (χ3v) is 4.35. The molecule has 0 radical (unpaired) electrons. The molecule has 1 heterocycles. The Labute approximate surface area is 126 Å². The Kier molecular flexibility index (Phi) is 3.90. The van der Waals surface area contributed by atoms with Crippen molar-refractivity contribution in [1.29, 1.82) is 5.26 Å². The molecule has 0 bridgehead atoms. The normalized spacial score (nSPS) is 14.1. The first-order valence-electron chi connectivity index (χ1n) is 6.68. The van der Waals surface area contributed by atoms with Crippen LogP contribution in [0.4, 0.5) is 4.39 Å². The molecule has 0 aliphatic heterocycles. The Morgan fingerprint density at radius 3 is 2.90 bits per heavy atom. The summed E-state index contributed by atoms with van der Waals surface area (Å²) in [5.41, 5.74) is 6.63. The molecule has 1 aromatic heterocycles. The van der Waals surface area contributed by atoms with Crippen molar-refractivity contribution in [3.05, 3.63) is 41.0 Å². The monoisotopic (exact) mass is 303 g/mol. The smallest absolute Gasteiger partial charge is 0.191 e. The predicted octanol–water partition coefficient (Wildman–Crippen LogP) is 2.37. The van der Waals surface area contributed by atoms with Crippen molar-refractivity contribution < 1.29 is 4.39 Å². The maximum Gasteiger partial charge on any atom is 0.191 e. The van der Waals surface area contributed by atoms with Crippen molar-refractivity contribution >= 4 is 11.8 Å². The molecule has 1 saturated carbocycles. The predicted molar refractivity (Wildman–Crippen MR) is 76.9 cm³/mol. The summed E-state index contributed by atoms with van der Waals surface area (Å²) in [6.45, 7) is 0.350. The molecule has 2 N–H and O–H groups in total. The summed E-state index contributed by atoms with van der Waals surface area (Å²) in [7, 11) is 0. The molecule has 0 unspecified atom stereocenters. The van der Waals surface area contributed by atoms with E-state index in [0.717, 1.165) is 23.8 Å². The summed E-state index contributed by atoms with van der Waals surface area (Å²) in [5.74, 6) is 0.876. The first-order chi connectivity index (χ1) is 10.2. The van der Waals surface area contributed by atoms with E-state index >= 15 is 0 Å². The number of thioether (sulfide) groups is 1. The van der Waals surface area contributed by atoms with Gasteiger partial charge >= 0.3 is 0 Å². The lowest BCUT2D eigenvalue weighted by Gasteiger charge is -2.08. The van der Waals surface area contributed by atoms with Gasteiger partial charge in [-0.05, 0) is 36.6 Å². The zero-order chi connectivity index (χ0) is 14.8. The van der Waals surface area contributed by atoms with E-state index in [1.807, 2.05) is 6.07 Å². The van der Waals surface area contributed by atoms with Crippen molar-refractivity contribution in [1.82, 2.24) is 14.8 Å². The average molecular weight is 303 g/mol. The zero-order valence-electron chi connectivity index (χ0n) is 11.3. The molecule has 7 heteroatoms. The molecule has 21 heavy (non-hydrogen) atoms. The summed E-state index contributed by atoms with van der Waals surface area (Å²) in [6.07, 6.45) is 2.22. The largest absolute Gasteiger partial charge is 0.324 e. The molecular formula is C14H14FN5S. The second-order valence-electron chi connectivity index (χ2n) is 4.91. The fourth-order valence-electron chi connectivity index (χ4n) is 2.14. The summed E-state index contributed by atoms with van der Waals surface area (Å²) < 4.78 is 15.8. The van der Waals surface area contributed by atoms with Gasteiger partial charge in [0.1, 0.15) is 11.6 Å². The van der Waals surface area contributed by atoms with Crippen LogP contribution in [0.2, 0.25) is 0 Å². The number of nitrogens with zero attached hydrogens (tertiary/aromatic N) is 4. The number of aromatic nitrogens is 3. The SMILES string of the molecule is N#Cc1ccc(F)c(CSc2nnc(CN)n2C2CC2)c1. The first-order valence-corrected chi connectivity index (χ1v) is 7.66. The van der Waals surface area contributed by atoms with Crippen LogP contribution in [-0.2, 0) is 12.3 Å².